The van der Waals surface area contributed by atoms with Crippen LogP contribution in [-0.2, 0) is 14.8 Å². The molecule has 1 heterocycles. The lowest BCUT2D eigenvalue weighted by molar-refractivity contribution is -0.123. The zero-order chi connectivity index (χ0) is 21.7. The van der Waals surface area contributed by atoms with Crippen molar-refractivity contribution in [1.29, 1.82) is 0 Å². The van der Waals surface area contributed by atoms with Crippen molar-refractivity contribution >= 4 is 15.9 Å². The van der Waals surface area contributed by atoms with Gasteiger partial charge < -0.3 is 14.8 Å². The highest BCUT2D eigenvalue weighted by atomic mass is 32.2. The topological polar surface area (TPSA) is 84.9 Å². The SMILES string of the molecule is COc1ccccc1[C@@H](C)NC(=O)COc1ccc(S(=O)(=O)N2CCCC2)cc1C. The van der Waals surface area contributed by atoms with E-state index in [9.17, 15) is 13.2 Å². The largest absolute Gasteiger partial charge is 0.496 e. The lowest BCUT2D eigenvalue weighted by Gasteiger charge is -2.18. The Bertz CT molecular complexity index is 1000. The Kier molecular flexibility index (Phi) is 6.99. The average Bonchev–Trinajstić information content (AvgIpc) is 3.28. The summed E-state index contributed by atoms with van der Waals surface area (Å²) in [5, 5.41) is 2.89. The number of benzene rings is 2. The minimum atomic E-state index is -3.48. The number of rotatable bonds is 8. The van der Waals surface area contributed by atoms with Crippen molar-refractivity contribution in [2.45, 2.75) is 37.6 Å². The van der Waals surface area contributed by atoms with Crippen molar-refractivity contribution < 1.29 is 22.7 Å². The molecule has 1 aliphatic heterocycles. The van der Waals surface area contributed by atoms with Crippen molar-refractivity contribution in [3.05, 3.63) is 53.6 Å². The van der Waals surface area contributed by atoms with Crippen molar-refractivity contribution in [1.82, 2.24) is 9.62 Å². The standard InChI is InChI=1S/C22H28N2O5S/c1-16-14-18(30(26,27)24-12-6-7-13-24)10-11-20(16)29-15-22(25)23-17(2)19-8-4-5-9-21(19)28-3/h4-5,8-11,14,17H,6-7,12-13,15H2,1-3H3,(H,23,25)/t17-/m1/s1. The lowest BCUT2D eigenvalue weighted by Crippen LogP contribution is -2.31. The summed E-state index contributed by atoms with van der Waals surface area (Å²) < 4.78 is 37.8. The van der Waals surface area contributed by atoms with Crippen LogP contribution >= 0.6 is 0 Å². The summed E-state index contributed by atoms with van der Waals surface area (Å²) in [6.07, 6.45) is 1.78. The molecule has 7 nitrogen and oxygen atoms in total. The van der Waals surface area contributed by atoms with Crippen LogP contribution in [0.3, 0.4) is 0 Å². The summed E-state index contributed by atoms with van der Waals surface area (Å²) in [5.74, 6) is 0.911. The number of hydrogen-bond donors (Lipinski definition) is 1. The Morgan fingerprint density at radius 3 is 2.50 bits per heavy atom. The number of ether oxygens (including phenoxy) is 2. The molecule has 162 valence electrons. The van der Waals surface area contributed by atoms with Crippen LogP contribution in [0.25, 0.3) is 0 Å². The first-order valence-corrected chi connectivity index (χ1v) is 11.4. The fourth-order valence-corrected chi connectivity index (χ4v) is 5.15. The number of amides is 1. The molecular weight excluding hydrogens is 404 g/mol. The van der Waals surface area contributed by atoms with Crippen molar-refractivity contribution in [3.8, 4) is 11.5 Å². The van der Waals surface area contributed by atoms with Gasteiger partial charge >= 0.3 is 0 Å². The maximum Gasteiger partial charge on any atom is 0.258 e. The second-order valence-electron chi connectivity index (χ2n) is 7.36. The number of carbonyl (C=O) groups excluding carboxylic acids is 1. The number of carbonyl (C=O) groups is 1. The molecule has 1 atom stereocenters. The summed E-state index contributed by atoms with van der Waals surface area (Å²) in [5.41, 5.74) is 1.54. The zero-order valence-corrected chi connectivity index (χ0v) is 18.4. The second kappa shape index (κ2) is 9.49. The van der Waals surface area contributed by atoms with E-state index < -0.39 is 10.0 Å². The number of nitrogens with zero attached hydrogens (tertiary/aromatic N) is 1. The third kappa shape index (κ3) is 4.94. The highest BCUT2D eigenvalue weighted by Crippen LogP contribution is 2.27. The molecule has 30 heavy (non-hydrogen) atoms. The van der Waals surface area contributed by atoms with E-state index in [1.165, 1.54) is 10.4 Å². The normalized spacial score (nSPS) is 15.6. The monoisotopic (exact) mass is 432 g/mol. The predicted molar refractivity (Wildman–Crippen MR) is 114 cm³/mol. The first-order valence-electron chi connectivity index (χ1n) is 9.99. The average molecular weight is 433 g/mol. The van der Waals surface area contributed by atoms with E-state index >= 15 is 0 Å². The minimum absolute atomic E-state index is 0.168. The molecular formula is C22H28N2O5S. The first-order chi connectivity index (χ1) is 14.3. The van der Waals surface area contributed by atoms with Gasteiger partial charge in [-0.1, -0.05) is 18.2 Å². The van der Waals surface area contributed by atoms with Gasteiger partial charge in [0.05, 0.1) is 18.0 Å². The van der Waals surface area contributed by atoms with Gasteiger partial charge in [-0.3, -0.25) is 4.79 Å². The third-order valence-electron chi connectivity index (χ3n) is 5.19. The highest BCUT2D eigenvalue weighted by Gasteiger charge is 2.27. The third-order valence-corrected chi connectivity index (χ3v) is 7.09. The van der Waals surface area contributed by atoms with Crippen LogP contribution < -0.4 is 14.8 Å². The molecule has 0 aromatic heterocycles. The number of nitrogens with one attached hydrogen (secondary N) is 1. The van der Waals surface area contributed by atoms with Crippen LogP contribution in [0.4, 0.5) is 0 Å². The molecule has 1 amide bonds. The van der Waals surface area contributed by atoms with E-state index in [1.807, 2.05) is 31.2 Å². The van der Waals surface area contributed by atoms with Crippen LogP contribution in [-0.4, -0.2) is 45.4 Å². The number of methoxy groups -OCH3 is 1. The van der Waals surface area contributed by atoms with Crippen LogP contribution in [0, 0.1) is 6.92 Å². The number of aryl methyl sites for hydroxylation is 1. The summed E-state index contributed by atoms with van der Waals surface area (Å²) in [6, 6.07) is 12.0. The first kappa shape index (κ1) is 22.1. The molecule has 1 fully saturated rings. The maximum atomic E-state index is 12.7. The van der Waals surface area contributed by atoms with E-state index in [1.54, 1.807) is 26.2 Å². The van der Waals surface area contributed by atoms with E-state index in [0.717, 1.165) is 18.4 Å². The van der Waals surface area contributed by atoms with Gasteiger partial charge in [0.1, 0.15) is 11.5 Å². The van der Waals surface area contributed by atoms with Gasteiger partial charge in [-0.2, -0.15) is 4.31 Å². The van der Waals surface area contributed by atoms with Crippen molar-refractivity contribution in [2.24, 2.45) is 0 Å². The van der Waals surface area contributed by atoms with Crippen molar-refractivity contribution in [2.75, 3.05) is 26.8 Å². The van der Waals surface area contributed by atoms with Gasteiger partial charge in [0, 0.05) is 18.7 Å². The van der Waals surface area contributed by atoms with E-state index in [-0.39, 0.29) is 23.5 Å². The van der Waals surface area contributed by atoms with Gasteiger partial charge in [0.25, 0.3) is 5.91 Å². The Morgan fingerprint density at radius 2 is 1.83 bits per heavy atom. The molecule has 3 rings (SSSR count). The molecule has 0 saturated carbocycles. The number of para-hydroxylation sites is 1. The van der Waals surface area contributed by atoms with Crippen LogP contribution in [0.15, 0.2) is 47.4 Å². The number of hydrogen-bond acceptors (Lipinski definition) is 5. The lowest BCUT2D eigenvalue weighted by atomic mass is 10.1. The maximum absolute atomic E-state index is 12.7. The molecule has 0 unspecified atom stereocenters. The van der Waals surface area contributed by atoms with E-state index in [0.29, 0.717) is 30.2 Å². The molecule has 1 N–H and O–H groups in total. The number of sulfonamides is 1. The molecule has 1 aliphatic rings. The fraction of sp³-hybridized carbons (Fsp3) is 0.409. The summed E-state index contributed by atoms with van der Waals surface area (Å²) in [4.78, 5) is 12.6. The second-order valence-corrected chi connectivity index (χ2v) is 9.30. The van der Waals surface area contributed by atoms with Gasteiger partial charge in [0.15, 0.2) is 6.61 Å². The molecule has 0 bridgehead atoms. The predicted octanol–water partition coefficient (Wildman–Crippen LogP) is 3.04. The summed E-state index contributed by atoms with van der Waals surface area (Å²) >= 11 is 0. The summed E-state index contributed by atoms with van der Waals surface area (Å²) in [6.45, 7) is 4.60. The molecule has 1 saturated heterocycles. The van der Waals surface area contributed by atoms with Gasteiger partial charge in [-0.15, -0.1) is 0 Å². The Balaban J connectivity index is 1.61. The Morgan fingerprint density at radius 1 is 1.13 bits per heavy atom. The van der Waals surface area contributed by atoms with E-state index in [2.05, 4.69) is 5.32 Å². The van der Waals surface area contributed by atoms with Crippen LogP contribution in [0.2, 0.25) is 0 Å². The molecule has 0 spiro atoms. The smallest absolute Gasteiger partial charge is 0.258 e. The summed E-state index contributed by atoms with van der Waals surface area (Å²) in [7, 11) is -1.89. The van der Waals surface area contributed by atoms with Gasteiger partial charge in [-0.05, 0) is 56.5 Å². The molecule has 0 radical (unpaired) electrons. The molecule has 2 aromatic rings. The minimum Gasteiger partial charge on any atom is -0.496 e. The Hall–Kier alpha value is -2.58. The van der Waals surface area contributed by atoms with Crippen LogP contribution in [0.1, 0.15) is 36.9 Å². The van der Waals surface area contributed by atoms with Crippen molar-refractivity contribution in [3.63, 3.8) is 0 Å². The van der Waals surface area contributed by atoms with E-state index in [4.69, 9.17) is 9.47 Å². The molecule has 8 heteroatoms. The zero-order valence-electron chi connectivity index (χ0n) is 17.6. The Labute approximate surface area is 178 Å². The van der Waals surface area contributed by atoms with Gasteiger partial charge in [0.2, 0.25) is 10.0 Å². The highest BCUT2D eigenvalue weighted by molar-refractivity contribution is 7.89. The fourth-order valence-electron chi connectivity index (χ4n) is 3.55. The van der Waals surface area contributed by atoms with Gasteiger partial charge in [-0.25, -0.2) is 8.42 Å². The molecule has 0 aliphatic carbocycles. The van der Waals surface area contributed by atoms with Crippen LogP contribution in [0.5, 0.6) is 11.5 Å². The molecule has 2 aromatic carbocycles. The quantitative estimate of drug-likeness (QED) is 0.693.